The summed E-state index contributed by atoms with van der Waals surface area (Å²) in [5.74, 6) is -0.323. The summed E-state index contributed by atoms with van der Waals surface area (Å²) in [5, 5.41) is 4.82. The van der Waals surface area contributed by atoms with Crippen LogP contribution in [0.3, 0.4) is 0 Å². The third-order valence-electron chi connectivity index (χ3n) is 5.05. The maximum absolute atomic E-state index is 12.0. The largest absolute Gasteiger partial charge is 0.364 e. The van der Waals surface area contributed by atoms with Crippen LogP contribution in [0.4, 0.5) is 0 Å². The number of rotatable bonds is 3. The van der Waals surface area contributed by atoms with Crippen molar-refractivity contribution >= 4 is 5.91 Å². The van der Waals surface area contributed by atoms with E-state index in [4.69, 9.17) is 5.73 Å². The molecule has 1 amide bonds. The first-order valence-electron chi connectivity index (χ1n) is 8.10. The summed E-state index contributed by atoms with van der Waals surface area (Å²) in [6, 6.07) is 0. The highest BCUT2D eigenvalue weighted by Gasteiger charge is 2.53. The third kappa shape index (κ3) is 2.28. The van der Waals surface area contributed by atoms with E-state index in [1.165, 1.54) is 25.7 Å². The Hall–Kier alpha value is -1.33. The van der Waals surface area contributed by atoms with Gasteiger partial charge in [0, 0.05) is 12.8 Å². The molecule has 5 nitrogen and oxygen atoms in total. The lowest BCUT2D eigenvalue weighted by Crippen LogP contribution is -2.72. The molecule has 0 aromatic carbocycles. The van der Waals surface area contributed by atoms with Gasteiger partial charge in [-0.25, -0.2) is 0 Å². The van der Waals surface area contributed by atoms with Gasteiger partial charge in [-0.05, 0) is 32.8 Å². The van der Waals surface area contributed by atoms with Gasteiger partial charge in [0.1, 0.15) is 18.6 Å². The number of amides is 1. The third-order valence-corrected chi connectivity index (χ3v) is 5.05. The number of nitrogens with zero attached hydrogens (tertiary/aromatic N) is 3. The molecule has 0 saturated carbocycles. The van der Waals surface area contributed by atoms with Gasteiger partial charge in [-0.2, -0.15) is 5.01 Å². The van der Waals surface area contributed by atoms with Gasteiger partial charge >= 0.3 is 0 Å². The molecule has 5 heteroatoms. The number of hydrogen-bond donors (Lipinski definition) is 1. The maximum Gasteiger partial charge on any atom is 0.270 e. The predicted molar refractivity (Wildman–Crippen MR) is 82.4 cm³/mol. The number of nitrogens with two attached hydrogens (primary N) is 1. The number of allylic oxidation sites excluding steroid dienone is 2. The van der Waals surface area contributed by atoms with E-state index in [0.717, 1.165) is 30.9 Å². The van der Waals surface area contributed by atoms with Gasteiger partial charge in [0.2, 0.25) is 0 Å². The molecule has 3 heterocycles. The first-order chi connectivity index (χ1) is 9.97. The molecule has 116 valence electrons. The highest BCUT2D eigenvalue weighted by Crippen LogP contribution is 2.39. The zero-order chi connectivity index (χ0) is 15.1. The fraction of sp³-hybridized carbons (Fsp3) is 0.688. The smallest absolute Gasteiger partial charge is 0.270 e. The second-order valence-corrected chi connectivity index (χ2v) is 6.93. The van der Waals surface area contributed by atoms with E-state index in [-0.39, 0.29) is 11.4 Å². The van der Waals surface area contributed by atoms with Gasteiger partial charge in [-0.15, -0.1) is 9.71 Å². The van der Waals surface area contributed by atoms with Crippen molar-refractivity contribution < 1.29 is 9.50 Å². The van der Waals surface area contributed by atoms with Crippen molar-refractivity contribution in [3.05, 3.63) is 23.9 Å². The lowest BCUT2D eigenvalue weighted by Gasteiger charge is -2.54. The fourth-order valence-electron chi connectivity index (χ4n) is 4.22. The molecule has 2 saturated heterocycles. The Morgan fingerprint density at radius 3 is 2.38 bits per heavy atom. The van der Waals surface area contributed by atoms with Gasteiger partial charge in [0.15, 0.2) is 5.70 Å². The first kappa shape index (κ1) is 14.6. The van der Waals surface area contributed by atoms with Crippen molar-refractivity contribution in [3.63, 3.8) is 0 Å². The average molecular weight is 291 g/mol. The van der Waals surface area contributed by atoms with Gasteiger partial charge < -0.3 is 5.73 Å². The number of hydrogen-bond acceptors (Lipinski definition) is 3. The molecule has 3 aliphatic heterocycles. The molecule has 0 unspecified atom stereocenters. The van der Waals surface area contributed by atoms with Crippen molar-refractivity contribution in [2.75, 3.05) is 26.2 Å². The summed E-state index contributed by atoms with van der Waals surface area (Å²) in [6.45, 7) is 8.72. The van der Waals surface area contributed by atoms with E-state index in [9.17, 15) is 4.79 Å². The molecule has 0 radical (unpaired) electrons. The zero-order valence-electron chi connectivity index (χ0n) is 13.2. The van der Waals surface area contributed by atoms with Crippen molar-refractivity contribution in [2.24, 2.45) is 5.73 Å². The summed E-state index contributed by atoms with van der Waals surface area (Å²) in [4.78, 5) is 12.0. The van der Waals surface area contributed by atoms with Crippen LogP contribution in [0, 0.1) is 0 Å². The van der Waals surface area contributed by atoms with Crippen molar-refractivity contribution in [1.29, 1.82) is 0 Å². The Bertz CT molecular complexity index is 483. The second-order valence-electron chi connectivity index (χ2n) is 6.93. The summed E-state index contributed by atoms with van der Waals surface area (Å²) in [7, 11) is 0. The molecule has 0 aromatic rings. The van der Waals surface area contributed by atoms with Gasteiger partial charge in [-0.1, -0.05) is 12.2 Å². The molecule has 0 aromatic heterocycles. The van der Waals surface area contributed by atoms with Gasteiger partial charge in [0.25, 0.3) is 5.91 Å². The minimum atomic E-state index is -0.323. The topological polar surface area (TPSA) is 49.6 Å². The Morgan fingerprint density at radius 2 is 1.81 bits per heavy atom. The lowest BCUT2D eigenvalue weighted by atomic mass is 9.99. The molecule has 2 N–H and O–H groups in total. The van der Waals surface area contributed by atoms with Crippen LogP contribution in [0.1, 0.15) is 39.5 Å². The molecule has 2 fully saturated rings. The monoisotopic (exact) mass is 291 g/mol. The van der Waals surface area contributed by atoms with Crippen LogP contribution in [-0.2, 0) is 4.79 Å². The minimum Gasteiger partial charge on any atom is -0.364 e. The van der Waals surface area contributed by atoms with E-state index >= 15 is 0 Å². The van der Waals surface area contributed by atoms with Gasteiger partial charge in [-0.3, -0.25) is 4.79 Å². The molecular formula is C16H27N4O+. The summed E-state index contributed by atoms with van der Waals surface area (Å²) in [6.07, 6.45) is 10.9. The quantitative estimate of drug-likeness (QED) is 0.803. The second kappa shape index (κ2) is 5.14. The van der Waals surface area contributed by atoms with E-state index in [0.29, 0.717) is 5.70 Å². The van der Waals surface area contributed by atoms with Crippen LogP contribution >= 0.6 is 0 Å². The zero-order valence-corrected chi connectivity index (χ0v) is 13.2. The van der Waals surface area contributed by atoms with E-state index in [1.807, 2.05) is 12.2 Å². The highest BCUT2D eigenvalue weighted by atomic mass is 16.2. The summed E-state index contributed by atoms with van der Waals surface area (Å²) < 4.78 is 0.784. The lowest BCUT2D eigenvalue weighted by molar-refractivity contribution is -1.12. The number of quaternary nitrogens is 1. The van der Waals surface area contributed by atoms with E-state index in [2.05, 4.69) is 29.9 Å². The molecule has 0 spiro atoms. The Kier molecular flexibility index (Phi) is 3.58. The number of carbonyl (C=O) groups excluding carboxylic acids is 1. The SMILES string of the molecule is CC1(C)C=CC=C(C(N)=O)N1[N+]1(N2CCCC2)CCCC1. The van der Waals surface area contributed by atoms with Crippen molar-refractivity contribution in [3.8, 4) is 0 Å². The summed E-state index contributed by atoms with van der Waals surface area (Å²) >= 11 is 0. The number of carbonyl (C=O) groups is 1. The molecule has 21 heavy (non-hydrogen) atoms. The van der Waals surface area contributed by atoms with Gasteiger partial charge in [0.05, 0.1) is 13.1 Å². The normalized spacial score (nSPS) is 27.9. The maximum atomic E-state index is 12.0. The Labute approximate surface area is 127 Å². The van der Waals surface area contributed by atoms with Crippen molar-refractivity contribution in [2.45, 2.75) is 45.1 Å². The van der Waals surface area contributed by atoms with E-state index < -0.39 is 0 Å². The van der Waals surface area contributed by atoms with Crippen LogP contribution < -0.4 is 5.73 Å². The van der Waals surface area contributed by atoms with Crippen LogP contribution in [0.5, 0.6) is 0 Å². The van der Waals surface area contributed by atoms with E-state index in [1.54, 1.807) is 0 Å². The minimum absolute atomic E-state index is 0.202. The molecule has 0 bridgehead atoms. The average Bonchev–Trinajstić information content (AvgIpc) is 3.09. The molecule has 3 rings (SSSR count). The molecular weight excluding hydrogens is 264 g/mol. The van der Waals surface area contributed by atoms with Crippen LogP contribution in [0.25, 0.3) is 0 Å². The highest BCUT2D eigenvalue weighted by molar-refractivity contribution is 5.91. The molecule has 0 atom stereocenters. The molecule has 3 aliphatic rings. The Morgan fingerprint density at radius 1 is 1.19 bits per heavy atom. The standard InChI is InChI=1S/C16H26N4O/c1-16(2)9-7-8-14(15(17)21)19(16)20(12-5-6-13-20)18-10-3-4-11-18/h7-9H,3-6,10-13H2,1-2H3,(H-,17,21)/p+1. The predicted octanol–water partition coefficient (Wildman–Crippen LogP) is 1.54. The number of primary amides is 1. The van der Waals surface area contributed by atoms with Crippen molar-refractivity contribution in [1.82, 2.24) is 10.0 Å². The van der Waals surface area contributed by atoms with Crippen LogP contribution in [0.15, 0.2) is 23.9 Å². The van der Waals surface area contributed by atoms with Crippen LogP contribution in [0.2, 0.25) is 0 Å². The Balaban J connectivity index is 2.05. The fourth-order valence-corrected chi connectivity index (χ4v) is 4.22. The molecule has 0 aliphatic carbocycles. The van der Waals surface area contributed by atoms with Crippen LogP contribution in [-0.4, -0.2) is 52.3 Å². The summed E-state index contributed by atoms with van der Waals surface area (Å²) in [5.41, 5.74) is 6.14. The first-order valence-corrected chi connectivity index (χ1v) is 8.10.